The van der Waals surface area contributed by atoms with E-state index < -0.39 is 5.91 Å². The maximum Gasteiger partial charge on any atom is 0.251 e. The molecule has 2 aromatic carbocycles. The molecule has 0 aliphatic rings. The lowest BCUT2D eigenvalue weighted by Crippen LogP contribution is -2.32. The van der Waals surface area contributed by atoms with Crippen LogP contribution >= 0.6 is 15.9 Å². The van der Waals surface area contributed by atoms with Crippen molar-refractivity contribution in [2.45, 2.75) is 6.92 Å². The molecule has 0 heterocycles. The summed E-state index contributed by atoms with van der Waals surface area (Å²) in [6, 6.07) is 11.8. The molecule has 0 saturated carbocycles. The van der Waals surface area contributed by atoms with E-state index in [0.29, 0.717) is 11.3 Å². The van der Waals surface area contributed by atoms with Crippen LogP contribution in [-0.4, -0.2) is 23.5 Å². The van der Waals surface area contributed by atoms with Crippen molar-refractivity contribution in [3.8, 4) is 5.75 Å². The molecule has 0 fully saturated rings. The molecule has 6 heteroatoms. The van der Waals surface area contributed by atoms with Crippen LogP contribution in [0, 0.1) is 6.92 Å². The van der Waals surface area contributed by atoms with E-state index in [-0.39, 0.29) is 18.2 Å². The van der Waals surface area contributed by atoms with Crippen LogP contribution < -0.4 is 10.6 Å². The third-order valence-electron chi connectivity index (χ3n) is 2.92. The normalized spacial score (nSPS) is 10.1. The predicted octanol–water partition coefficient (Wildman–Crippen LogP) is 2.83. The van der Waals surface area contributed by atoms with E-state index in [2.05, 4.69) is 26.6 Å². The summed E-state index contributed by atoms with van der Waals surface area (Å²) >= 11 is 3.28. The van der Waals surface area contributed by atoms with Gasteiger partial charge in [-0.2, -0.15) is 0 Å². The number of phenols is 1. The number of carbonyl (C=O) groups is 2. The summed E-state index contributed by atoms with van der Waals surface area (Å²) in [6.07, 6.45) is 0. The van der Waals surface area contributed by atoms with E-state index in [1.54, 1.807) is 36.4 Å². The highest BCUT2D eigenvalue weighted by Gasteiger charge is 2.10. The highest BCUT2D eigenvalue weighted by Crippen LogP contribution is 2.23. The van der Waals surface area contributed by atoms with Crippen LogP contribution in [-0.2, 0) is 4.79 Å². The first kappa shape index (κ1) is 16.0. The number of amides is 2. The summed E-state index contributed by atoms with van der Waals surface area (Å²) in [5.41, 5.74) is 1.66. The molecule has 0 atom stereocenters. The van der Waals surface area contributed by atoms with Crippen molar-refractivity contribution in [1.29, 1.82) is 0 Å². The van der Waals surface area contributed by atoms with Crippen molar-refractivity contribution in [3.63, 3.8) is 0 Å². The van der Waals surface area contributed by atoms with Crippen LogP contribution in [0.25, 0.3) is 0 Å². The van der Waals surface area contributed by atoms with Crippen molar-refractivity contribution in [1.82, 2.24) is 5.32 Å². The second kappa shape index (κ2) is 7.09. The Balaban J connectivity index is 1.91. The van der Waals surface area contributed by atoms with Crippen LogP contribution in [0.2, 0.25) is 0 Å². The van der Waals surface area contributed by atoms with Crippen LogP contribution in [0.15, 0.2) is 46.9 Å². The molecule has 0 radical (unpaired) electrons. The van der Waals surface area contributed by atoms with Crippen molar-refractivity contribution in [2.75, 3.05) is 11.9 Å². The zero-order valence-electron chi connectivity index (χ0n) is 11.9. The Kier molecular flexibility index (Phi) is 5.16. The third-order valence-corrected chi connectivity index (χ3v) is 3.42. The summed E-state index contributed by atoms with van der Waals surface area (Å²) in [6.45, 7) is 1.65. The fraction of sp³-hybridized carbons (Fsp3) is 0.125. The van der Waals surface area contributed by atoms with E-state index in [0.717, 1.165) is 10.0 Å². The Bertz CT molecular complexity index is 716. The Morgan fingerprint density at radius 2 is 1.95 bits per heavy atom. The minimum atomic E-state index is -0.414. The molecule has 5 nitrogen and oxygen atoms in total. The first-order valence-electron chi connectivity index (χ1n) is 6.59. The maximum atomic E-state index is 11.9. The molecule has 2 amide bonds. The molecular formula is C16H15BrN2O3. The molecule has 2 rings (SSSR count). The smallest absolute Gasteiger partial charge is 0.251 e. The molecule has 0 spiro atoms. The fourth-order valence-electron chi connectivity index (χ4n) is 1.83. The molecule has 2 aromatic rings. The minimum Gasteiger partial charge on any atom is -0.506 e. The van der Waals surface area contributed by atoms with Crippen LogP contribution in [0.1, 0.15) is 15.9 Å². The number of aryl methyl sites for hydroxylation is 1. The fourth-order valence-corrected chi connectivity index (χ4v) is 2.23. The number of nitrogens with one attached hydrogen (secondary N) is 2. The molecule has 114 valence electrons. The van der Waals surface area contributed by atoms with Gasteiger partial charge in [0, 0.05) is 10.0 Å². The number of hydrogen-bond donors (Lipinski definition) is 3. The van der Waals surface area contributed by atoms with Crippen LogP contribution in [0.3, 0.4) is 0 Å². The molecule has 22 heavy (non-hydrogen) atoms. The number of rotatable bonds is 4. The summed E-state index contributed by atoms with van der Waals surface area (Å²) < 4.78 is 0.786. The molecule has 0 saturated heterocycles. The van der Waals surface area contributed by atoms with Crippen molar-refractivity contribution in [3.05, 3.63) is 58.1 Å². The zero-order valence-corrected chi connectivity index (χ0v) is 13.5. The Hall–Kier alpha value is -2.34. The number of carbonyl (C=O) groups excluding carboxylic acids is 2. The van der Waals surface area contributed by atoms with E-state index in [9.17, 15) is 14.7 Å². The summed E-state index contributed by atoms with van der Waals surface area (Å²) in [5, 5.41) is 14.8. The molecule has 0 bridgehead atoms. The van der Waals surface area contributed by atoms with Crippen LogP contribution in [0.5, 0.6) is 5.75 Å². The number of benzene rings is 2. The average molecular weight is 363 g/mol. The van der Waals surface area contributed by atoms with Gasteiger partial charge in [-0.25, -0.2) is 0 Å². The lowest BCUT2D eigenvalue weighted by atomic mass is 10.2. The zero-order chi connectivity index (χ0) is 16.1. The first-order valence-corrected chi connectivity index (χ1v) is 7.38. The van der Waals surface area contributed by atoms with E-state index >= 15 is 0 Å². The molecular weight excluding hydrogens is 348 g/mol. The maximum absolute atomic E-state index is 11.9. The number of aromatic hydroxyl groups is 1. The SMILES string of the molecule is Cc1ccc(NC(=O)CNC(=O)c2cccc(Br)c2)c(O)c1. The monoisotopic (exact) mass is 362 g/mol. The third kappa shape index (κ3) is 4.33. The topological polar surface area (TPSA) is 78.4 Å². The highest BCUT2D eigenvalue weighted by atomic mass is 79.9. The molecule has 0 aromatic heterocycles. The molecule has 3 N–H and O–H groups in total. The van der Waals surface area contributed by atoms with Crippen LogP contribution in [0.4, 0.5) is 5.69 Å². The van der Waals surface area contributed by atoms with Gasteiger partial charge in [0.25, 0.3) is 5.91 Å². The Labute approximate surface area is 136 Å². The van der Waals surface area contributed by atoms with Gasteiger partial charge >= 0.3 is 0 Å². The second-order valence-electron chi connectivity index (χ2n) is 4.76. The summed E-state index contributed by atoms with van der Waals surface area (Å²) in [4.78, 5) is 23.7. The number of phenolic OH excluding ortho intramolecular Hbond substituents is 1. The number of anilines is 1. The standard InChI is InChI=1S/C16H15BrN2O3/c1-10-5-6-13(14(20)7-10)19-15(21)9-18-16(22)11-3-2-4-12(17)8-11/h2-8,20H,9H2,1H3,(H,18,22)(H,19,21). The average Bonchev–Trinajstić information content (AvgIpc) is 2.47. The van der Waals surface area contributed by atoms with Crippen molar-refractivity contribution >= 4 is 33.4 Å². The van der Waals surface area contributed by atoms with E-state index in [4.69, 9.17) is 0 Å². The van der Waals surface area contributed by atoms with Gasteiger partial charge in [0.05, 0.1) is 12.2 Å². The largest absolute Gasteiger partial charge is 0.506 e. The minimum absolute atomic E-state index is 0.00772. The quantitative estimate of drug-likeness (QED) is 0.731. The van der Waals surface area contributed by atoms with Gasteiger partial charge in [-0.3, -0.25) is 9.59 Å². The molecule has 0 aliphatic carbocycles. The lowest BCUT2D eigenvalue weighted by molar-refractivity contribution is -0.115. The van der Waals surface area contributed by atoms with Crippen molar-refractivity contribution in [2.24, 2.45) is 0 Å². The lowest BCUT2D eigenvalue weighted by Gasteiger charge is -2.09. The van der Waals surface area contributed by atoms with Crippen molar-refractivity contribution < 1.29 is 14.7 Å². The second-order valence-corrected chi connectivity index (χ2v) is 5.68. The molecule has 0 unspecified atom stereocenters. The summed E-state index contributed by atoms with van der Waals surface area (Å²) in [5.74, 6) is -0.765. The van der Waals surface area contributed by atoms with Gasteiger partial charge in [0.1, 0.15) is 5.75 Å². The van der Waals surface area contributed by atoms with Gasteiger partial charge in [0.15, 0.2) is 0 Å². The van der Waals surface area contributed by atoms with Gasteiger partial charge in [-0.1, -0.05) is 28.1 Å². The number of hydrogen-bond acceptors (Lipinski definition) is 3. The predicted molar refractivity (Wildman–Crippen MR) is 87.9 cm³/mol. The van der Waals surface area contributed by atoms with Gasteiger partial charge < -0.3 is 15.7 Å². The Morgan fingerprint density at radius 3 is 2.64 bits per heavy atom. The molecule has 0 aliphatic heterocycles. The van der Waals surface area contributed by atoms with E-state index in [1.807, 2.05) is 13.0 Å². The highest BCUT2D eigenvalue weighted by molar-refractivity contribution is 9.10. The van der Waals surface area contributed by atoms with E-state index in [1.165, 1.54) is 0 Å². The van der Waals surface area contributed by atoms with Gasteiger partial charge in [-0.15, -0.1) is 0 Å². The van der Waals surface area contributed by atoms with Gasteiger partial charge in [0.2, 0.25) is 5.91 Å². The Morgan fingerprint density at radius 1 is 1.18 bits per heavy atom. The first-order chi connectivity index (χ1) is 10.5. The number of halogens is 1. The van der Waals surface area contributed by atoms with Gasteiger partial charge in [-0.05, 0) is 42.8 Å². The summed E-state index contributed by atoms with van der Waals surface area (Å²) in [7, 11) is 0.